The Morgan fingerprint density at radius 1 is 1.24 bits per heavy atom. The topological polar surface area (TPSA) is 62.4 Å². The Kier molecular flexibility index (Phi) is 6.83. The summed E-state index contributed by atoms with van der Waals surface area (Å²) < 4.78 is 19.3. The van der Waals surface area contributed by atoms with E-state index in [9.17, 15) is 9.18 Å². The van der Waals surface area contributed by atoms with E-state index < -0.39 is 0 Å². The Labute approximate surface area is 173 Å². The summed E-state index contributed by atoms with van der Waals surface area (Å²) >= 11 is 0. The summed E-state index contributed by atoms with van der Waals surface area (Å²) in [6.07, 6.45) is 5.43. The van der Waals surface area contributed by atoms with Crippen LogP contribution in [0.15, 0.2) is 24.3 Å². The van der Waals surface area contributed by atoms with Gasteiger partial charge in [0.2, 0.25) is 5.91 Å². The fourth-order valence-corrected chi connectivity index (χ4v) is 5.34. The first-order valence-electron chi connectivity index (χ1n) is 11.2. The molecule has 0 radical (unpaired) electrons. The molecule has 3 saturated heterocycles. The van der Waals surface area contributed by atoms with Crippen LogP contribution in [0.4, 0.5) is 4.39 Å². The number of benzene rings is 1. The largest absolute Gasteiger partial charge is 0.381 e. The minimum Gasteiger partial charge on any atom is -0.381 e. The molecule has 0 spiro atoms. The summed E-state index contributed by atoms with van der Waals surface area (Å²) in [4.78, 5) is 12.5. The molecule has 6 heteroatoms. The lowest BCUT2D eigenvalue weighted by Crippen LogP contribution is -2.54. The highest BCUT2D eigenvalue weighted by Crippen LogP contribution is 2.34. The maximum absolute atomic E-state index is 13.8. The third kappa shape index (κ3) is 5.16. The molecule has 0 saturated carbocycles. The number of ether oxygens (including phenoxy) is 1. The normalized spacial score (nSPS) is 28.7. The van der Waals surface area contributed by atoms with Crippen LogP contribution in [0.25, 0.3) is 0 Å². The number of rotatable bonds is 7. The third-order valence-corrected chi connectivity index (χ3v) is 7.14. The first kappa shape index (κ1) is 20.8. The van der Waals surface area contributed by atoms with Crippen molar-refractivity contribution in [2.24, 2.45) is 11.8 Å². The molecule has 0 unspecified atom stereocenters. The van der Waals surface area contributed by atoms with Crippen molar-refractivity contribution in [3.8, 4) is 0 Å². The highest BCUT2D eigenvalue weighted by Gasteiger charge is 2.35. The first-order chi connectivity index (χ1) is 14.1. The zero-order chi connectivity index (χ0) is 20.1. The Bertz CT molecular complexity index is 692. The molecule has 1 aromatic rings. The molecule has 3 fully saturated rings. The molecule has 2 bridgehead atoms. The Hall–Kier alpha value is -1.50. The van der Waals surface area contributed by atoms with Crippen LogP contribution in [0, 0.1) is 17.7 Å². The molecule has 1 amide bonds. The average molecular weight is 404 g/mol. The predicted octanol–water partition coefficient (Wildman–Crippen LogP) is 2.36. The van der Waals surface area contributed by atoms with Crippen molar-refractivity contribution in [3.05, 3.63) is 35.6 Å². The molecule has 3 atom stereocenters. The van der Waals surface area contributed by atoms with Gasteiger partial charge in [0.25, 0.3) is 0 Å². The van der Waals surface area contributed by atoms with Gasteiger partial charge < -0.3 is 20.7 Å². The molecule has 29 heavy (non-hydrogen) atoms. The van der Waals surface area contributed by atoms with Gasteiger partial charge in [-0.25, -0.2) is 4.39 Å². The number of piperidine rings is 2. The summed E-state index contributed by atoms with van der Waals surface area (Å²) in [7, 11) is 0. The fourth-order valence-electron chi connectivity index (χ4n) is 5.34. The lowest BCUT2D eigenvalue weighted by atomic mass is 9.74. The summed E-state index contributed by atoms with van der Waals surface area (Å²) in [5, 5.41) is 10.4. The molecule has 5 nitrogen and oxygen atoms in total. The summed E-state index contributed by atoms with van der Waals surface area (Å²) in [5.41, 5.74) is 0.732. The molecular formula is C23H34FN3O2. The number of hydrogen-bond donors (Lipinski definition) is 3. The second-order valence-electron chi connectivity index (χ2n) is 9.11. The van der Waals surface area contributed by atoms with E-state index in [0.717, 1.165) is 56.8 Å². The average Bonchev–Trinajstić information content (AvgIpc) is 2.75. The number of carbonyl (C=O) groups excluding carboxylic acids is 1. The molecule has 0 aromatic heterocycles. The Morgan fingerprint density at radius 3 is 2.93 bits per heavy atom. The zero-order valence-electron chi connectivity index (χ0n) is 17.2. The van der Waals surface area contributed by atoms with Gasteiger partial charge in [-0.3, -0.25) is 4.79 Å². The van der Waals surface area contributed by atoms with Crippen molar-refractivity contribution in [3.63, 3.8) is 0 Å². The van der Waals surface area contributed by atoms with Gasteiger partial charge in [0.1, 0.15) is 5.82 Å². The van der Waals surface area contributed by atoms with Crippen LogP contribution in [-0.4, -0.2) is 51.3 Å². The Balaban J connectivity index is 1.26. The quantitative estimate of drug-likeness (QED) is 0.654. The maximum atomic E-state index is 13.8. The van der Waals surface area contributed by atoms with Crippen molar-refractivity contribution >= 4 is 5.91 Å². The number of halogens is 1. The van der Waals surface area contributed by atoms with Gasteiger partial charge in [-0.05, 0) is 81.3 Å². The highest BCUT2D eigenvalue weighted by molar-refractivity contribution is 5.76. The van der Waals surface area contributed by atoms with E-state index in [1.54, 1.807) is 12.1 Å². The van der Waals surface area contributed by atoms with E-state index >= 15 is 0 Å². The zero-order valence-corrected chi connectivity index (χ0v) is 17.2. The predicted molar refractivity (Wildman–Crippen MR) is 111 cm³/mol. The number of carbonyl (C=O) groups is 1. The minimum absolute atomic E-state index is 0.0997. The van der Waals surface area contributed by atoms with Gasteiger partial charge in [-0.1, -0.05) is 12.1 Å². The standard InChI is InChI=1S/C23H34FN3O2/c24-20-4-1-3-19(12-20)23(7-9-29-10-8-23)16-27-22(28)6-2-5-21-18-11-17(14-26-21)13-25-15-18/h1,3-4,12,17-18,21,25-26H,2,5-11,13-16H2,(H,27,28)/t17-,18+,21-/m0/s1. The Morgan fingerprint density at radius 2 is 2.10 bits per heavy atom. The molecule has 3 N–H and O–H groups in total. The van der Waals surface area contributed by atoms with E-state index in [1.807, 2.05) is 6.07 Å². The van der Waals surface area contributed by atoms with Crippen LogP contribution in [0.1, 0.15) is 44.1 Å². The number of amides is 1. The summed E-state index contributed by atoms with van der Waals surface area (Å²) in [6.45, 7) is 5.18. The molecule has 3 heterocycles. The van der Waals surface area contributed by atoms with Crippen LogP contribution < -0.4 is 16.0 Å². The van der Waals surface area contributed by atoms with Gasteiger partial charge in [0.15, 0.2) is 0 Å². The van der Waals surface area contributed by atoms with Gasteiger partial charge in [0.05, 0.1) is 0 Å². The van der Waals surface area contributed by atoms with Crippen molar-refractivity contribution < 1.29 is 13.9 Å². The molecule has 160 valence electrons. The molecule has 3 aliphatic rings. The number of nitrogens with one attached hydrogen (secondary N) is 3. The minimum atomic E-state index is -0.232. The number of hydrogen-bond acceptors (Lipinski definition) is 4. The second kappa shape index (κ2) is 9.54. The molecule has 4 rings (SSSR count). The summed E-state index contributed by atoms with van der Waals surface area (Å²) in [6, 6.07) is 7.34. The lowest BCUT2D eigenvalue weighted by molar-refractivity contribution is -0.121. The monoisotopic (exact) mass is 403 g/mol. The van der Waals surface area contributed by atoms with Crippen LogP contribution in [-0.2, 0) is 14.9 Å². The van der Waals surface area contributed by atoms with Crippen molar-refractivity contribution in [2.45, 2.75) is 50.0 Å². The van der Waals surface area contributed by atoms with E-state index in [0.29, 0.717) is 38.1 Å². The van der Waals surface area contributed by atoms with Crippen molar-refractivity contribution in [2.75, 3.05) is 39.4 Å². The smallest absolute Gasteiger partial charge is 0.220 e. The van der Waals surface area contributed by atoms with Crippen LogP contribution in [0.2, 0.25) is 0 Å². The third-order valence-electron chi connectivity index (χ3n) is 7.14. The molecular weight excluding hydrogens is 369 g/mol. The van der Waals surface area contributed by atoms with Crippen LogP contribution in [0.5, 0.6) is 0 Å². The van der Waals surface area contributed by atoms with Gasteiger partial charge in [-0.2, -0.15) is 0 Å². The van der Waals surface area contributed by atoms with Gasteiger partial charge in [-0.15, -0.1) is 0 Å². The van der Waals surface area contributed by atoms with Crippen molar-refractivity contribution in [1.29, 1.82) is 0 Å². The first-order valence-corrected chi connectivity index (χ1v) is 11.2. The van der Waals surface area contributed by atoms with Crippen LogP contribution >= 0.6 is 0 Å². The van der Waals surface area contributed by atoms with Crippen molar-refractivity contribution in [1.82, 2.24) is 16.0 Å². The molecule has 1 aromatic carbocycles. The lowest BCUT2D eigenvalue weighted by Gasteiger charge is -2.41. The maximum Gasteiger partial charge on any atom is 0.220 e. The number of fused-ring (bicyclic) bond motifs is 2. The van der Waals surface area contributed by atoms with E-state index in [2.05, 4.69) is 16.0 Å². The van der Waals surface area contributed by atoms with Crippen LogP contribution in [0.3, 0.4) is 0 Å². The van der Waals surface area contributed by atoms with E-state index in [-0.39, 0.29) is 17.1 Å². The van der Waals surface area contributed by atoms with E-state index in [4.69, 9.17) is 4.74 Å². The van der Waals surface area contributed by atoms with E-state index in [1.165, 1.54) is 12.5 Å². The van der Waals surface area contributed by atoms with Gasteiger partial charge in [0, 0.05) is 37.6 Å². The fraction of sp³-hybridized carbons (Fsp3) is 0.696. The highest BCUT2D eigenvalue weighted by atomic mass is 19.1. The van der Waals surface area contributed by atoms with Gasteiger partial charge >= 0.3 is 0 Å². The molecule has 0 aliphatic carbocycles. The molecule has 3 aliphatic heterocycles. The summed E-state index contributed by atoms with van der Waals surface area (Å²) in [5.74, 6) is 1.35. The second-order valence-corrected chi connectivity index (χ2v) is 9.11. The SMILES string of the molecule is O=C(CCC[C@@H]1NC[C@@H]2CNC[C@H]1C2)NCC1(c2cccc(F)c2)CCOCC1.